The van der Waals surface area contributed by atoms with Gasteiger partial charge in [0, 0.05) is 4.47 Å². The van der Waals surface area contributed by atoms with Gasteiger partial charge in [-0.1, -0.05) is 22.9 Å². The molecule has 0 aliphatic heterocycles. The van der Waals surface area contributed by atoms with Gasteiger partial charge in [-0.2, -0.15) is 0 Å². The Kier molecular flexibility index (Phi) is 3.07. The second-order valence-electron chi connectivity index (χ2n) is 2.21. The van der Waals surface area contributed by atoms with Crippen molar-refractivity contribution in [3.63, 3.8) is 0 Å². The molecule has 0 amide bonds. The molecule has 0 fully saturated rings. The lowest BCUT2D eigenvalue weighted by Crippen LogP contribution is -1.86. The van der Waals surface area contributed by atoms with Crippen molar-refractivity contribution in [1.29, 1.82) is 0 Å². The van der Waals surface area contributed by atoms with Crippen molar-refractivity contribution in [1.82, 2.24) is 0 Å². The Morgan fingerprint density at radius 3 is 2.45 bits per heavy atom. The van der Waals surface area contributed by atoms with Crippen molar-refractivity contribution in [3.8, 4) is 0 Å². The number of hydrogen-bond acceptors (Lipinski definition) is 0. The van der Waals surface area contributed by atoms with Crippen molar-refractivity contribution < 1.29 is 4.39 Å². The predicted molar refractivity (Wildman–Crippen MR) is 51.2 cm³/mol. The van der Waals surface area contributed by atoms with Gasteiger partial charge in [0.1, 0.15) is 5.82 Å². The molecule has 0 atom stereocenters. The third-order valence-electron chi connectivity index (χ3n) is 1.47. The molecule has 0 radical (unpaired) electrons. The maximum Gasteiger partial charge on any atom is 0.137 e. The fraction of sp³-hybridized carbons (Fsp3) is 0.250. The maximum atomic E-state index is 12.9. The molecular weight excluding hydrogens is 275 g/mol. The van der Waals surface area contributed by atoms with E-state index in [-0.39, 0.29) is 5.82 Å². The van der Waals surface area contributed by atoms with Crippen molar-refractivity contribution >= 4 is 31.9 Å². The highest BCUT2D eigenvalue weighted by atomic mass is 79.9. The highest BCUT2D eigenvalue weighted by Crippen LogP contribution is 2.25. The Morgan fingerprint density at radius 1 is 1.27 bits per heavy atom. The van der Waals surface area contributed by atoms with Gasteiger partial charge >= 0.3 is 0 Å². The average Bonchev–Trinajstić information content (AvgIpc) is 1.97. The lowest BCUT2D eigenvalue weighted by Gasteiger charge is -2.01. The minimum atomic E-state index is -0.204. The van der Waals surface area contributed by atoms with Crippen molar-refractivity contribution in [2.45, 2.75) is 13.3 Å². The van der Waals surface area contributed by atoms with E-state index in [0.29, 0.717) is 4.47 Å². The van der Waals surface area contributed by atoms with Crippen LogP contribution in [0.15, 0.2) is 21.1 Å². The molecule has 1 aromatic carbocycles. The standard InChI is InChI=1S/C8H7Br2F/c1-2-5-3-8(11)7(10)4-6(5)9/h3-4H,2H2,1H3. The van der Waals surface area contributed by atoms with E-state index in [1.54, 1.807) is 6.07 Å². The van der Waals surface area contributed by atoms with Crippen LogP contribution in [0.3, 0.4) is 0 Å². The molecule has 0 unspecified atom stereocenters. The molecule has 0 N–H and O–H groups in total. The van der Waals surface area contributed by atoms with E-state index < -0.39 is 0 Å². The third kappa shape index (κ3) is 2.03. The molecule has 0 saturated heterocycles. The summed E-state index contributed by atoms with van der Waals surface area (Å²) in [6.07, 6.45) is 0.838. The van der Waals surface area contributed by atoms with E-state index >= 15 is 0 Å². The predicted octanol–water partition coefficient (Wildman–Crippen LogP) is 3.91. The van der Waals surface area contributed by atoms with Gasteiger partial charge in [0.2, 0.25) is 0 Å². The quantitative estimate of drug-likeness (QED) is 0.685. The molecule has 0 saturated carbocycles. The van der Waals surface area contributed by atoms with E-state index in [4.69, 9.17) is 0 Å². The van der Waals surface area contributed by atoms with Crippen LogP contribution in [0.4, 0.5) is 4.39 Å². The largest absolute Gasteiger partial charge is 0.206 e. The van der Waals surface area contributed by atoms with Crippen molar-refractivity contribution in [2.75, 3.05) is 0 Å². The number of halogens is 3. The minimum absolute atomic E-state index is 0.204. The first-order valence-electron chi connectivity index (χ1n) is 3.28. The molecule has 11 heavy (non-hydrogen) atoms. The van der Waals surface area contributed by atoms with Gasteiger partial charge in [-0.15, -0.1) is 0 Å². The summed E-state index contributed by atoms with van der Waals surface area (Å²) < 4.78 is 14.3. The van der Waals surface area contributed by atoms with E-state index in [1.165, 1.54) is 6.07 Å². The van der Waals surface area contributed by atoms with Gasteiger partial charge in [-0.25, -0.2) is 4.39 Å². The zero-order valence-electron chi connectivity index (χ0n) is 6.00. The van der Waals surface area contributed by atoms with Crippen molar-refractivity contribution in [2.24, 2.45) is 0 Å². The highest BCUT2D eigenvalue weighted by molar-refractivity contribution is 9.11. The normalized spacial score (nSPS) is 10.2. The molecule has 0 spiro atoms. The Labute approximate surface area is 82.1 Å². The van der Waals surface area contributed by atoms with Crippen LogP contribution >= 0.6 is 31.9 Å². The van der Waals surface area contributed by atoms with Gasteiger partial charge in [0.05, 0.1) is 4.47 Å². The monoisotopic (exact) mass is 280 g/mol. The molecular formula is C8H7Br2F. The summed E-state index contributed by atoms with van der Waals surface area (Å²) in [5.74, 6) is -0.204. The molecule has 1 aromatic rings. The molecule has 60 valence electrons. The topological polar surface area (TPSA) is 0 Å². The lowest BCUT2D eigenvalue weighted by atomic mass is 10.2. The summed E-state index contributed by atoms with van der Waals surface area (Å²) in [5.41, 5.74) is 0.991. The van der Waals surface area contributed by atoms with Crippen LogP contribution in [0.5, 0.6) is 0 Å². The molecule has 0 aromatic heterocycles. The summed E-state index contributed by atoms with van der Waals surface area (Å²) in [6.45, 7) is 1.99. The summed E-state index contributed by atoms with van der Waals surface area (Å²) in [7, 11) is 0. The summed E-state index contributed by atoms with van der Waals surface area (Å²) in [5, 5.41) is 0. The number of benzene rings is 1. The molecule has 0 aliphatic carbocycles. The Morgan fingerprint density at radius 2 is 1.91 bits per heavy atom. The smallest absolute Gasteiger partial charge is 0.137 e. The number of rotatable bonds is 1. The number of hydrogen-bond donors (Lipinski definition) is 0. The molecule has 3 heteroatoms. The Hall–Kier alpha value is 0.110. The molecule has 1 rings (SSSR count). The second-order valence-corrected chi connectivity index (χ2v) is 3.92. The third-order valence-corrected chi connectivity index (χ3v) is 2.82. The van der Waals surface area contributed by atoms with E-state index in [2.05, 4.69) is 31.9 Å². The Balaban J connectivity index is 3.21. The molecule has 0 aliphatic rings. The summed E-state index contributed by atoms with van der Waals surface area (Å²) in [6, 6.07) is 3.27. The molecule has 0 heterocycles. The Bertz CT molecular complexity index is 271. The van der Waals surface area contributed by atoms with Gasteiger partial charge in [-0.05, 0) is 40.0 Å². The van der Waals surface area contributed by atoms with E-state index in [9.17, 15) is 4.39 Å². The van der Waals surface area contributed by atoms with Gasteiger partial charge in [0.25, 0.3) is 0 Å². The minimum Gasteiger partial charge on any atom is -0.206 e. The molecule has 0 nitrogen and oxygen atoms in total. The lowest BCUT2D eigenvalue weighted by molar-refractivity contribution is 0.618. The first kappa shape index (κ1) is 9.20. The van der Waals surface area contributed by atoms with Gasteiger partial charge in [0.15, 0.2) is 0 Å². The van der Waals surface area contributed by atoms with Crippen LogP contribution in [0.1, 0.15) is 12.5 Å². The fourth-order valence-electron chi connectivity index (χ4n) is 0.835. The fourth-order valence-corrected chi connectivity index (χ4v) is 2.11. The van der Waals surface area contributed by atoms with Crippen LogP contribution < -0.4 is 0 Å². The van der Waals surface area contributed by atoms with Crippen LogP contribution in [-0.2, 0) is 6.42 Å². The number of aryl methyl sites for hydroxylation is 1. The maximum absolute atomic E-state index is 12.9. The van der Waals surface area contributed by atoms with Crippen LogP contribution in [0.2, 0.25) is 0 Å². The summed E-state index contributed by atoms with van der Waals surface area (Å²) >= 11 is 6.45. The van der Waals surface area contributed by atoms with Crippen LogP contribution in [0, 0.1) is 5.82 Å². The average molecular weight is 282 g/mol. The second kappa shape index (κ2) is 3.68. The first-order chi connectivity index (χ1) is 5.15. The summed E-state index contributed by atoms with van der Waals surface area (Å²) in [4.78, 5) is 0. The van der Waals surface area contributed by atoms with E-state index in [1.807, 2.05) is 6.92 Å². The molecule has 0 bridgehead atoms. The van der Waals surface area contributed by atoms with E-state index in [0.717, 1.165) is 16.5 Å². The van der Waals surface area contributed by atoms with Gasteiger partial charge in [-0.3, -0.25) is 0 Å². The van der Waals surface area contributed by atoms with Crippen LogP contribution in [-0.4, -0.2) is 0 Å². The zero-order chi connectivity index (χ0) is 8.43. The van der Waals surface area contributed by atoms with Crippen molar-refractivity contribution in [3.05, 3.63) is 32.5 Å². The SMILES string of the molecule is CCc1cc(F)c(Br)cc1Br. The highest BCUT2D eigenvalue weighted by Gasteiger charge is 2.03. The first-order valence-corrected chi connectivity index (χ1v) is 4.87. The van der Waals surface area contributed by atoms with Crippen LogP contribution in [0.25, 0.3) is 0 Å². The zero-order valence-corrected chi connectivity index (χ0v) is 9.17. The van der Waals surface area contributed by atoms with Gasteiger partial charge < -0.3 is 0 Å².